The van der Waals surface area contributed by atoms with Crippen molar-refractivity contribution in [2.24, 2.45) is 0 Å². The zero-order chi connectivity index (χ0) is 16.7. The van der Waals surface area contributed by atoms with Crippen LogP contribution in [-0.2, 0) is 9.53 Å². The molecule has 2 rings (SSSR count). The van der Waals surface area contributed by atoms with Gasteiger partial charge in [0.2, 0.25) is 11.8 Å². The van der Waals surface area contributed by atoms with Gasteiger partial charge in [0, 0.05) is 30.9 Å². The summed E-state index contributed by atoms with van der Waals surface area (Å²) in [4.78, 5) is 11.5. The number of rotatable bonds is 8. The van der Waals surface area contributed by atoms with Gasteiger partial charge in [0.05, 0.1) is 17.2 Å². The van der Waals surface area contributed by atoms with Gasteiger partial charge in [-0.15, -0.1) is 10.2 Å². The van der Waals surface area contributed by atoms with Crippen LogP contribution in [0.15, 0.2) is 27.8 Å². The van der Waals surface area contributed by atoms with Crippen LogP contribution >= 0.6 is 35.0 Å². The monoisotopic (exact) mass is 375 g/mol. The lowest BCUT2D eigenvalue weighted by Gasteiger charge is -2.02. The van der Waals surface area contributed by atoms with E-state index in [2.05, 4.69) is 15.5 Å². The maximum Gasteiger partial charge on any atom is 0.276 e. The fourth-order valence-electron chi connectivity index (χ4n) is 1.65. The summed E-state index contributed by atoms with van der Waals surface area (Å²) >= 11 is 13.3. The molecule has 1 amide bonds. The molecular formula is C14H15Cl2N3O3S. The number of ether oxygens (including phenoxy) is 1. The van der Waals surface area contributed by atoms with Crippen LogP contribution in [0, 0.1) is 0 Å². The number of carbonyl (C=O) groups is 1. The Morgan fingerprint density at radius 3 is 2.96 bits per heavy atom. The van der Waals surface area contributed by atoms with Gasteiger partial charge in [0.25, 0.3) is 5.22 Å². The molecule has 0 aliphatic rings. The molecule has 1 heterocycles. The van der Waals surface area contributed by atoms with E-state index in [9.17, 15) is 4.79 Å². The number of aromatic nitrogens is 2. The number of halogens is 2. The van der Waals surface area contributed by atoms with Gasteiger partial charge in [-0.05, 0) is 18.2 Å². The number of thioether (sulfide) groups is 1. The third-order valence-electron chi connectivity index (χ3n) is 2.75. The van der Waals surface area contributed by atoms with Crippen molar-refractivity contribution < 1.29 is 13.9 Å². The highest BCUT2D eigenvalue weighted by Crippen LogP contribution is 2.31. The van der Waals surface area contributed by atoms with Gasteiger partial charge in [-0.25, -0.2) is 0 Å². The Bertz CT molecular complexity index is 666. The fraction of sp³-hybridized carbons (Fsp3) is 0.357. The predicted molar refractivity (Wildman–Crippen MR) is 90.0 cm³/mol. The third-order valence-corrected chi connectivity index (χ3v) is 4.12. The van der Waals surface area contributed by atoms with Crippen molar-refractivity contribution in [1.82, 2.24) is 15.5 Å². The number of nitrogens with zero attached hydrogens (tertiary/aromatic N) is 2. The highest BCUT2D eigenvalue weighted by atomic mass is 35.5. The quantitative estimate of drug-likeness (QED) is 0.563. The number of methoxy groups -OCH3 is 1. The Kier molecular flexibility index (Phi) is 7.16. The molecule has 6 nitrogen and oxygen atoms in total. The van der Waals surface area contributed by atoms with E-state index in [-0.39, 0.29) is 5.91 Å². The van der Waals surface area contributed by atoms with Crippen molar-refractivity contribution >= 4 is 40.9 Å². The van der Waals surface area contributed by atoms with E-state index in [4.69, 9.17) is 32.4 Å². The first-order valence-electron chi connectivity index (χ1n) is 6.77. The number of hydrogen-bond acceptors (Lipinski definition) is 6. The molecule has 0 radical (unpaired) electrons. The molecule has 1 aromatic heterocycles. The van der Waals surface area contributed by atoms with E-state index in [1.807, 2.05) is 0 Å². The molecule has 0 fully saturated rings. The third kappa shape index (κ3) is 5.69. The number of hydrogen-bond donors (Lipinski definition) is 1. The lowest BCUT2D eigenvalue weighted by molar-refractivity contribution is -0.120. The highest BCUT2D eigenvalue weighted by molar-refractivity contribution is 7.99. The summed E-state index contributed by atoms with van der Waals surface area (Å²) in [7, 11) is 1.59. The van der Waals surface area contributed by atoms with Gasteiger partial charge in [0.1, 0.15) is 0 Å². The second-order valence-electron chi connectivity index (χ2n) is 4.44. The van der Waals surface area contributed by atoms with Crippen LogP contribution in [0.1, 0.15) is 6.42 Å². The number of benzene rings is 1. The molecule has 0 unspecified atom stereocenters. The van der Waals surface area contributed by atoms with Crippen LogP contribution in [0.5, 0.6) is 0 Å². The summed E-state index contributed by atoms with van der Waals surface area (Å²) in [6, 6.07) is 5.03. The summed E-state index contributed by atoms with van der Waals surface area (Å²) in [6.45, 7) is 0.994. The minimum absolute atomic E-state index is 0.0463. The zero-order valence-electron chi connectivity index (χ0n) is 12.3. The average molecular weight is 376 g/mol. The van der Waals surface area contributed by atoms with Crippen molar-refractivity contribution in [1.29, 1.82) is 0 Å². The Hall–Kier alpha value is -1.28. The van der Waals surface area contributed by atoms with Crippen LogP contribution in [-0.4, -0.2) is 42.1 Å². The van der Waals surface area contributed by atoms with Crippen molar-refractivity contribution in [3.05, 3.63) is 28.2 Å². The topological polar surface area (TPSA) is 77.2 Å². The minimum atomic E-state index is -0.0463. The van der Waals surface area contributed by atoms with Crippen LogP contribution in [0.3, 0.4) is 0 Å². The van der Waals surface area contributed by atoms with Crippen molar-refractivity contribution in [3.63, 3.8) is 0 Å². The molecule has 23 heavy (non-hydrogen) atoms. The van der Waals surface area contributed by atoms with E-state index in [1.165, 1.54) is 11.8 Å². The van der Waals surface area contributed by atoms with Gasteiger partial charge in [0.15, 0.2) is 0 Å². The molecule has 9 heteroatoms. The van der Waals surface area contributed by atoms with Crippen LogP contribution in [0.25, 0.3) is 11.5 Å². The lowest BCUT2D eigenvalue weighted by Crippen LogP contribution is -2.27. The molecule has 124 valence electrons. The summed E-state index contributed by atoms with van der Waals surface area (Å²) in [5, 5.41) is 12.0. The Labute approximate surface area is 147 Å². The van der Waals surface area contributed by atoms with Gasteiger partial charge in [-0.3, -0.25) is 4.79 Å². The maximum absolute atomic E-state index is 11.5. The van der Waals surface area contributed by atoms with E-state index in [0.29, 0.717) is 52.0 Å². The van der Waals surface area contributed by atoms with Crippen molar-refractivity contribution in [2.75, 3.05) is 26.0 Å². The molecule has 0 aliphatic carbocycles. The average Bonchev–Trinajstić information content (AvgIpc) is 2.96. The fourth-order valence-corrected chi connectivity index (χ4v) is 2.84. The van der Waals surface area contributed by atoms with Crippen LogP contribution < -0.4 is 5.32 Å². The normalized spacial score (nSPS) is 10.7. The van der Waals surface area contributed by atoms with E-state index in [0.717, 1.165) is 0 Å². The summed E-state index contributed by atoms with van der Waals surface area (Å²) in [5.74, 6) is 0.808. The Balaban J connectivity index is 1.84. The van der Waals surface area contributed by atoms with E-state index >= 15 is 0 Å². The van der Waals surface area contributed by atoms with Crippen molar-refractivity contribution in [2.45, 2.75) is 11.6 Å². The number of nitrogens with one attached hydrogen (secondary N) is 1. The first-order valence-corrected chi connectivity index (χ1v) is 8.51. The predicted octanol–water partition coefficient (Wildman–Crippen LogP) is 3.29. The Morgan fingerprint density at radius 2 is 2.22 bits per heavy atom. The van der Waals surface area contributed by atoms with Gasteiger partial charge >= 0.3 is 0 Å². The molecule has 0 saturated carbocycles. The molecular weight excluding hydrogens is 361 g/mol. The van der Waals surface area contributed by atoms with Gasteiger partial charge in [-0.2, -0.15) is 0 Å². The molecule has 0 spiro atoms. The summed E-state index contributed by atoms with van der Waals surface area (Å²) in [6.07, 6.45) is 0.355. The van der Waals surface area contributed by atoms with Crippen molar-refractivity contribution in [3.8, 4) is 11.5 Å². The highest BCUT2D eigenvalue weighted by Gasteiger charge is 2.13. The molecule has 0 atom stereocenters. The van der Waals surface area contributed by atoms with Gasteiger partial charge < -0.3 is 14.5 Å². The lowest BCUT2D eigenvalue weighted by atomic mass is 10.2. The molecule has 0 bridgehead atoms. The van der Waals surface area contributed by atoms with E-state index < -0.39 is 0 Å². The SMILES string of the molecule is COCCNC(=O)CCSc1nnc(-c2ccc(Cl)cc2Cl)o1. The summed E-state index contributed by atoms with van der Waals surface area (Å²) < 4.78 is 10.4. The molecule has 2 aromatic rings. The van der Waals surface area contributed by atoms with Crippen LogP contribution in [0.4, 0.5) is 0 Å². The first kappa shape index (κ1) is 18.1. The molecule has 1 N–H and O–H groups in total. The minimum Gasteiger partial charge on any atom is -0.411 e. The molecule has 0 aliphatic heterocycles. The Morgan fingerprint density at radius 1 is 1.39 bits per heavy atom. The summed E-state index contributed by atoms with van der Waals surface area (Å²) in [5.41, 5.74) is 0.618. The van der Waals surface area contributed by atoms with Gasteiger partial charge in [-0.1, -0.05) is 35.0 Å². The molecule has 1 aromatic carbocycles. The number of carbonyl (C=O) groups excluding carboxylic acids is 1. The zero-order valence-corrected chi connectivity index (χ0v) is 14.7. The smallest absolute Gasteiger partial charge is 0.276 e. The second-order valence-corrected chi connectivity index (χ2v) is 6.33. The number of amides is 1. The van der Waals surface area contributed by atoms with Crippen LogP contribution in [0.2, 0.25) is 10.0 Å². The maximum atomic E-state index is 11.5. The largest absolute Gasteiger partial charge is 0.411 e. The first-order chi connectivity index (χ1) is 11.1. The standard InChI is InChI=1S/C14H15Cl2N3O3S/c1-21-6-5-17-12(20)4-7-23-14-19-18-13(22-14)10-3-2-9(15)8-11(10)16/h2-3,8H,4-7H2,1H3,(H,17,20). The van der Waals surface area contributed by atoms with E-state index in [1.54, 1.807) is 25.3 Å². The second kappa shape index (κ2) is 9.12. The molecule has 0 saturated heterocycles.